The van der Waals surface area contributed by atoms with Crippen LogP contribution in [-0.2, 0) is 0 Å². The highest BCUT2D eigenvalue weighted by Crippen LogP contribution is 2.25. The minimum atomic E-state index is 0.632. The lowest BCUT2D eigenvalue weighted by molar-refractivity contribution is 0.745. The number of rotatable bonds is 3. The summed E-state index contributed by atoms with van der Waals surface area (Å²) in [5.41, 5.74) is 4.36. The van der Waals surface area contributed by atoms with Crippen molar-refractivity contribution in [2.24, 2.45) is 0 Å². The lowest BCUT2D eigenvalue weighted by atomic mass is 9.91. The van der Waals surface area contributed by atoms with Crippen LogP contribution in [0.3, 0.4) is 0 Å². The van der Waals surface area contributed by atoms with Gasteiger partial charge in [-0.05, 0) is 44.2 Å². The van der Waals surface area contributed by atoms with Gasteiger partial charge < -0.3 is 0 Å². The zero-order valence-electron chi connectivity index (χ0n) is 9.67. The SMILES string of the molecule is C/C=C(/C)CC(C)c1ccccc1C. The highest BCUT2D eigenvalue weighted by atomic mass is 14.1. The fraction of sp³-hybridized carbons (Fsp3) is 0.429. The van der Waals surface area contributed by atoms with Crippen molar-refractivity contribution in [2.75, 3.05) is 0 Å². The van der Waals surface area contributed by atoms with Crippen LogP contribution in [-0.4, -0.2) is 0 Å². The van der Waals surface area contributed by atoms with Crippen molar-refractivity contribution in [3.8, 4) is 0 Å². The Balaban J connectivity index is 2.79. The van der Waals surface area contributed by atoms with Crippen LogP contribution in [0, 0.1) is 6.92 Å². The van der Waals surface area contributed by atoms with Crippen molar-refractivity contribution in [2.45, 2.75) is 40.0 Å². The van der Waals surface area contributed by atoms with Crippen molar-refractivity contribution < 1.29 is 0 Å². The lowest BCUT2D eigenvalue weighted by Crippen LogP contribution is -1.96. The molecule has 0 aliphatic heterocycles. The zero-order valence-corrected chi connectivity index (χ0v) is 9.67. The maximum absolute atomic E-state index is 2.30. The van der Waals surface area contributed by atoms with E-state index in [4.69, 9.17) is 0 Å². The quantitative estimate of drug-likeness (QED) is 0.614. The lowest BCUT2D eigenvalue weighted by Gasteiger charge is -2.14. The molecular formula is C14H20. The van der Waals surface area contributed by atoms with Gasteiger partial charge in [0.1, 0.15) is 0 Å². The Morgan fingerprint density at radius 1 is 1.36 bits per heavy atom. The predicted octanol–water partition coefficient (Wildman–Crippen LogP) is 4.45. The monoisotopic (exact) mass is 188 g/mol. The first kappa shape index (κ1) is 11.0. The van der Waals surface area contributed by atoms with E-state index in [0.29, 0.717) is 5.92 Å². The van der Waals surface area contributed by atoms with E-state index in [-0.39, 0.29) is 0 Å². The molecule has 1 rings (SSSR count). The highest BCUT2D eigenvalue weighted by molar-refractivity contribution is 5.29. The summed E-state index contributed by atoms with van der Waals surface area (Å²) < 4.78 is 0. The third-order valence-electron chi connectivity index (χ3n) is 2.84. The molecule has 0 bridgehead atoms. The van der Waals surface area contributed by atoms with E-state index < -0.39 is 0 Å². The summed E-state index contributed by atoms with van der Waals surface area (Å²) in [6.45, 7) is 8.81. The molecule has 14 heavy (non-hydrogen) atoms. The van der Waals surface area contributed by atoms with Crippen LogP contribution >= 0.6 is 0 Å². The molecule has 0 N–H and O–H groups in total. The first-order chi connectivity index (χ1) is 6.65. The standard InChI is InChI=1S/C14H20/c1-5-11(2)10-13(4)14-9-7-6-8-12(14)3/h5-9,13H,10H2,1-4H3/b11-5-. The van der Waals surface area contributed by atoms with Crippen LogP contribution in [0.25, 0.3) is 0 Å². The van der Waals surface area contributed by atoms with E-state index in [2.05, 4.69) is 58.0 Å². The third kappa shape index (κ3) is 2.73. The summed E-state index contributed by atoms with van der Waals surface area (Å²) in [7, 11) is 0. The Morgan fingerprint density at radius 3 is 2.57 bits per heavy atom. The van der Waals surface area contributed by atoms with Crippen LogP contribution in [0.4, 0.5) is 0 Å². The fourth-order valence-electron chi connectivity index (χ4n) is 1.85. The minimum absolute atomic E-state index is 0.632. The third-order valence-corrected chi connectivity index (χ3v) is 2.84. The summed E-state index contributed by atoms with van der Waals surface area (Å²) >= 11 is 0. The molecule has 0 aromatic heterocycles. The second kappa shape index (κ2) is 4.99. The van der Waals surface area contributed by atoms with Crippen molar-refractivity contribution in [1.29, 1.82) is 0 Å². The van der Waals surface area contributed by atoms with Crippen LogP contribution in [0.2, 0.25) is 0 Å². The fourth-order valence-corrected chi connectivity index (χ4v) is 1.85. The van der Waals surface area contributed by atoms with Crippen LogP contribution < -0.4 is 0 Å². The van der Waals surface area contributed by atoms with E-state index in [9.17, 15) is 0 Å². The summed E-state index contributed by atoms with van der Waals surface area (Å²) in [5.74, 6) is 0.632. The maximum Gasteiger partial charge on any atom is -0.0151 e. The van der Waals surface area contributed by atoms with Crippen LogP contribution in [0.5, 0.6) is 0 Å². The van der Waals surface area contributed by atoms with Gasteiger partial charge in [0, 0.05) is 0 Å². The highest BCUT2D eigenvalue weighted by Gasteiger charge is 2.07. The Bertz CT molecular complexity index is 321. The van der Waals surface area contributed by atoms with Crippen LogP contribution in [0.1, 0.15) is 44.2 Å². The number of aryl methyl sites for hydroxylation is 1. The summed E-state index contributed by atoms with van der Waals surface area (Å²) in [6.07, 6.45) is 3.37. The molecule has 0 spiro atoms. The summed E-state index contributed by atoms with van der Waals surface area (Å²) in [5, 5.41) is 0. The molecule has 0 amide bonds. The van der Waals surface area contributed by atoms with Gasteiger partial charge in [0.2, 0.25) is 0 Å². The Kier molecular flexibility index (Phi) is 3.94. The molecule has 0 saturated heterocycles. The molecule has 0 aliphatic rings. The van der Waals surface area contributed by atoms with Gasteiger partial charge in [-0.2, -0.15) is 0 Å². The Hall–Kier alpha value is -1.04. The smallest absolute Gasteiger partial charge is 0.0151 e. The molecule has 0 fully saturated rings. The van der Waals surface area contributed by atoms with E-state index in [1.165, 1.54) is 23.1 Å². The molecule has 1 aromatic carbocycles. The Labute approximate surface area is 87.7 Å². The molecule has 0 radical (unpaired) electrons. The molecule has 0 aliphatic carbocycles. The van der Waals surface area contributed by atoms with E-state index >= 15 is 0 Å². The first-order valence-corrected chi connectivity index (χ1v) is 5.32. The molecule has 0 saturated carbocycles. The van der Waals surface area contributed by atoms with Crippen LogP contribution in [0.15, 0.2) is 35.9 Å². The Morgan fingerprint density at radius 2 is 2.00 bits per heavy atom. The van der Waals surface area contributed by atoms with Crippen molar-refractivity contribution in [3.05, 3.63) is 47.0 Å². The first-order valence-electron chi connectivity index (χ1n) is 5.32. The predicted molar refractivity (Wildman–Crippen MR) is 63.6 cm³/mol. The largest absolute Gasteiger partial charge is 0.0887 e. The van der Waals surface area contributed by atoms with Gasteiger partial charge in [-0.3, -0.25) is 0 Å². The van der Waals surface area contributed by atoms with Gasteiger partial charge in [-0.15, -0.1) is 0 Å². The van der Waals surface area contributed by atoms with Gasteiger partial charge in [0.25, 0.3) is 0 Å². The molecule has 1 aromatic rings. The van der Waals surface area contributed by atoms with Gasteiger partial charge >= 0.3 is 0 Å². The van der Waals surface area contributed by atoms with Gasteiger partial charge in [-0.1, -0.05) is 42.8 Å². The van der Waals surface area contributed by atoms with Gasteiger partial charge in [-0.25, -0.2) is 0 Å². The molecular weight excluding hydrogens is 168 g/mol. The molecule has 0 nitrogen and oxygen atoms in total. The molecule has 0 heterocycles. The number of benzene rings is 1. The summed E-state index contributed by atoms with van der Waals surface area (Å²) in [4.78, 5) is 0. The van der Waals surface area contributed by atoms with Gasteiger partial charge in [0.05, 0.1) is 0 Å². The average Bonchev–Trinajstić information content (AvgIpc) is 2.18. The topological polar surface area (TPSA) is 0 Å². The minimum Gasteiger partial charge on any atom is -0.0887 e. The summed E-state index contributed by atoms with van der Waals surface area (Å²) in [6, 6.07) is 8.66. The van der Waals surface area contributed by atoms with E-state index in [1.807, 2.05) is 0 Å². The second-order valence-corrected chi connectivity index (χ2v) is 4.10. The van der Waals surface area contributed by atoms with Gasteiger partial charge in [0.15, 0.2) is 0 Å². The second-order valence-electron chi connectivity index (χ2n) is 4.10. The van der Waals surface area contributed by atoms with Crippen molar-refractivity contribution >= 4 is 0 Å². The van der Waals surface area contributed by atoms with E-state index in [0.717, 1.165) is 0 Å². The van der Waals surface area contributed by atoms with Crippen molar-refractivity contribution in [1.82, 2.24) is 0 Å². The number of hydrogen-bond donors (Lipinski definition) is 0. The van der Waals surface area contributed by atoms with E-state index in [1.54, 1.807) is 0 Å². The number of allylic oxidation sites excluding steroid dienone is 2. The molecule has 76 valence electrons. The normalized spacial score (nSPS) is 14.1. The molecule has 1 unspecified atom stereocenters. The van der Waals surface area contributed by atoms with Crippen molar-refractivity contribution in [3.63, 3.8) is 0 Å². The zero-order chi connectivity index (χ0) is 10.6. The average molecular weight is 188 g/mol. The molecule has 0 heteroatoms. The number of hydrogen-bond acceptors (Lipinski definition) is 0. The maximum atomic E-state index is 2.30. The molecule has 1 atom stereocenters.